The van der Waals surface area contributed by atoms with Gasteiger partial charge in [-0.05, 0) is 25.2 Å². The molecule has 0 bridgehead atoms. The van der Waals surface area contributed by atoms with Crippen LogP contribution in [-0.4, -0.2) is 12.3 Å². The van der Waals surface area contributed by atoms with E-state index < -0.39 is 0 Å². The van der Waals surface area contributed by atoms with Crippen LogP contribution in [0.3, 0.4) is 0 Å². The van der Waals surface area contributed by atoms with Crippen LogP contribution in [-0.2, 0) is 0 Å². The predicted molar refractivity (Wildman–Crippen MR) is 46.7 cm³/mol. The number of hydrogen-bond donors (Lipinski definition) is 0. The van der Waals surface area contributed by atoms with Gasteiger partial charge in [0, 0.05) is 0 Å². The molecule has 0 fully saturated rings. The van der Waals surface area contributed by atoms with Crippen LogP contribution in [0.5, 0.6) is 0 Å². The summed E-state index contributed by atoms with van der Waals surface area (Å²) in [7, 11) is 6.59. The van der Waals surface area contributed by atoms with E-state index in [1.165, 1.54) is 25.2 Å². The van der Waals surface area contributed by atoms with Gasteiger partial charge in [0.2, 0.25) is 0 Å². The molecule has 0 N–H and O–H groups in total. The highest BCUT2D eigenvalue weighted by Gasteiger charge is 1.80. The first-order chi connectivity index (χ1) is 3.41. The second-order valence-electron chi connectivity index (χ2n) is 1.45. The first kappa shape index (κ1) is 8.29. The lowest BCUT2D eigenvalue weighted by Crippen LogP contribution is -1.74. The maximum Gasteiger partial charge on any atom is -0.0319 e. The zero-order chi connectivity index (χ0) is 5.54. The summed E-state index contributed by atoms with van der Waals surface area (Å²) in [5.41, 5.74) is 0. The fraction of sp³-hybridized carbons (Fsp3) is 1.00. The minimum absolute atomic E-state index is 1.08. The Bertz CT molecular complexity index is 26.1. The van der Waals surface area contributed by atoms with Crippen LogP contribution in [0, 0.1) is 0 Å². The molecule has 0 aliphatic rings. The monoisotopic (exact) mass is 154 g/mol. The first-order valence-corrected chi connectivity index (χ1v) is 6.38. The van der Waals surface area contributed by atoms with Crippen molar-refractivity contribution in [3.8, 4) is 0 Å². The van der Waals surface area contributed by atoms with Crippen LogP contribution in [0.15, 0.2) is 0 Å². The van der Waals surface area contributed by atoms with E-state index >= 15 is 0 Å². The molecule has 0 aromatic carbocycles. The summed E-state index contributed by atoms with van der Waals surface area (Å²) in [5, 5.41) is 0. The molecule has 0 rings (SSSR count). The molecule has 0 aromatic rings. The van der Waals surface area contributed by atoms with E-state index in [2.05, 4.69) is 18.2 Å². The topological polar surface area (TPSA) is 0 Å². The van der Waals surface area contributed by atoms with Gasteiger partial charge >= 0.3 is 0 Å². The molecule has 3 heteroatoms. The average molecular weight is 154 g/mol. The van der Waals surface area contributed by atoms with Gasteiger partial charge in [-0.1, -0.05) is 0 Å². The third-order valence-electron chi connectivity index (χ3n) is 0.775. The molecule has 0 amide bonds. The Kier molecular flexibility index (Phi) is 8.63. The van der Waals surface area contributed by atoms with E-state index in [0.717, 1.165) is 8.27 Å². The van der Waals surface area contributed by atoms with Crippen LogP contribution >= 0.6 is 26.4 Å². The van der Waals surface area contributed by atoms with Crippen molar-refractivity contribution in [1.29, 1.82) is 0 Å². The highest BCUT2D eigenvalue weighted by molar-refractivity contribution is 8.02. The van der Waals surface area contributed by atoms with E-state index in [0.29, 0.717) is 0 Å². The molecule has 3 unspecified atom stereocenters. The molecule has 0 heterocycles. The molecule has 0 aromatic heterocycles. The third kappa shape index (κ3) is 7.29. The van der Waals surface area contributed by atoms with Gasteiger partial charge in [-0.2, -0.15) is 0 Å². The molecule has 0 aliphatic heterocycles. The number of hydrogen-bond acceptors (Lipinski definition) is 0. The largest absolute Gasteiger partial charge is 0.138 e. The lowest BCUT2D eigenvalue weighted by Gasteiger charge is -1.90. The molecule has 44 valence electrons. The van der Waals surface area contributed by atoms with E-state index in [1.807, 2.05) is 0 Å². The molecule has 0 saturated carbocycles. The smallest absolute Gasteiger partial charge is 0.0319 e. The van der Waals surface area contributed by atoms with Crippen molar-refractivity contribution >= 4 is 26.4 Å². The minimum atomic E-state index is 1.08. The first-order valence-electron chi connectivity index (χ1n) is 2.55. The minimum Gasteiger partial charge on any atom is -0.138 e. The number of unbranched alkanes of at least 4 members (excludes halogenated alkanes) is 1. The van der Waals surface area contributed by atoms with Gasteiger partial charge in [0.15, 0.2) is 0 Å². The van der Waals surface area contributed by atoms with Gasteiger partial charge in [-0.3, -0.25) is 0 Å². The van der Waals surface area contributed by atoms with Crippen molar-refractivity contribution in [2.45, 2.75) is 12.8 Å². The van der Waals surface area contributed by atoms with Crippen molar-refractivity contribution in [1.82, 2.24) is 0 Å². The van der Waals surface area contributed by atoms with Crippen LogP contribution < -0.4 is 0 Å². The van der Waals surface area contributed by atoms with Gasteiger partial charge in [-0.25, -0.2) is 0 Å². The van der Waals surface area contributed by atoms with Crippen molar-refractivity contribution in [2.75, 3.05) is 12.3 Å². The molecule has 0 nitrogen and oxygen atoms in total. The molecule has 7 heavy (non-hydrogen) atoms. The van der Waals surface area contributed by atoms with Gasteiger partial charge in [0.1, 0.15) is 0 Å². The maximum absolute atomic E-state index is 2.77. The summed E-state index contributed by atoms with van der Waals surface area (Å²) in [5.74, 6) is 0. The fourth-order valence-electron chi connectivity index (χ4n) is 0.371. The molecule has 0 spiro atoms. The average Bonchev–Trinajstić information content (AvgIpc) is 1.69. The number of rotatable bonds is 4. The quantitative estimate of drug-likeness (QED) is 0.429. The lowest BCUT2D eigenvalue weighted by molar-refractivity contribution is 0.908. The normalized spacial score (nSPS) is 11.1. The molecule has 3 atom stereocenters. The summed E-state index contributed by atoms with van der Waals surface area (Å²) in [4.78, 5) is 0. The van der Waals surface area contributed by atoms with Crippen molar-refractivity contribution in [3.63, 3.8) is 0 Å². The molecule has 0 saturated heterocycles. The van der Waals surface area contributed by atoms with Crippen molar-refractivity contribution < 1.29 is 0 Å². The summed E-state index contributed by atoms with van der Waals surface area (Å²) in [6.45, 7) is 0. The van der Waals surface area contributed by atoms with E-state index in [-0.39, 0.29) is 0 Å². The van der Waals surface area contributed by atoms with Crippen molar-refractivity contribution in [2.24, 2.45) is 0 Å². The SMILES string of the molecule is PCCCCPP. The maximum atomic E-state index is 2.77. The van der Waals surface area contributed by atoms with Crippen molar-refractivity contribution in [3.05, 3.63) is 0 Å². The van der Waals surface area contributed by atoms with Crippen LogP contribution in [0.25, 0.3) is 0 Å². The van der Waals surface area contributed by atoms with E-state index in [9.17, 15) is 0 Å². The van der Waals surface area contributed by atoms with Crippen LogP contribution in [0.2, 0.25) is 0 Å². The predicted octanol–water partition coefficient (Wildman–Crippen LogP) is 2.11. The molecule has 0 radical (unpaired) electrons. The molecular formula is C4H13P3. The Morgan fingerprint density at radius 1 is 1.29 bits per heavy atom. The summed E-state index contributed by atoms with van der Waals surface area (Å²) in [6, 6.07) is 0. The second kappa shape index (κ2) is 7.29. The fourth-order valence-corrected chi connectivity index (χ4v) is 1.73. The van der Waals surface area contributed by atoms with Crippen LogP contribution in [0.1, 0.15) is 12.8 Å². The summed E-state index contributed by atoms with van der Waals surface area (Å²) in [6.07, 6.45) is 5.46. The summed E-state index contributed by atoms with van der Waals surface area (Å²) >= 11 is 0. The Morgan fingerprint density at radius 2 is 2.00 bits per heavy atom. The van der Waals surface area contributed by atoms with Gasteiger partial charge in [0.25, 0.3) is 0 Å². The molecule has 0 aliphatic carbocycles. The standard InChI is InChI=1S/C4H13P3/c5-3-1-2-4-7-6/h7H,1-6H2. The van der Waals surface area contributed by atoms with Gasteiger partial charge in [0.05, 0.1) is 0 Å². The van der Waals surface area contributed by atoms with Gasteiger partial charge < -0.3 is 0 Å². The van der Waals surface area contributed by atoms with Crippen LogP contribution in [0.4, 0.5) is 0 Å². The third-order valence-corrected chi connectivity index (χ3v) is 2.69. The Morgan fingerprint density at radius 3 is 2.43 bits per heavy atom. The Labute approximate surface area is 52.3 Å². The highest BCUT2D eigenvalue weighted by atomic mass is 32.0. The van der Waals surface area contributed by atoms with E-state index in [4.69, 9.17) is 0 Å². The zero-order valence-corrected chi connectivity index (χ0v) is 7.79. The summed E-state index contributed by atoms with van der Waals surface area (Å²) < 4.78 is 0. The van der Waals surface area contributed by atoms with E-state index in [1.54, 1.807) is 0 Å². The second-order valence-corrected chi connectivity index (χ2v) is 4.16. The Hall–Kier alpha value is 1.29. The lowest BCUT2D eigenvalue weighted by atomic mass is 10.4. The Balaban J connectivity index is 2.45. The molecular weight excluding hydrogens is 141 g/mol. The highest BCUT2D eigenvalue weighted by Crippen LogP contribution is 2.21. The van der Waals surface area contributed by atoms with Gasteiger partial charge in [-0.15, -0.1) is 26.4 Å². The zero-order valence-electron chi connectivity index (χ0n) is 4.48.